The number of halogens is 1. The van der Waals surface area contributed by atoms with E-state index in [0.717, 1.165) is 6.07 Å². The van der Waals surface area contributed by atoms with E-state index in [1.165, 1.54) is 22.9 Å². The minimum atomic E-state index is -0.718. The van der Waals surface area contributed by atoms with Gasteiger partial charge in [-0.1, -0.05) is 17.7 Å². The molecule has 0 atom stereocenters. The van der Waals surface area contributed by atoms with Crippen molar-refractivity contribution >= 4 is 23.1 Å². The van der Waals surface area contributed by atoms with Crippen molar-refractivity contribution in [1.29, 1.82) is 0 Å². The first-order valence-corrected chi connectivity index (χ1v) is 6.63. The number of hydrogen-bond donors (Lipinski definition) is 1. The van der Waals surface area contributed by atoms with E-state index in [0.29, 0.717) is 5.69 Å². The van der Waals surface area contributed by atoms with Crippen LogP contribution in [0.4, 0.5) is 5.69 Å². The normalized spacial score (nSPS) is 10.5. The van der Waals surface area contributed by atoms with Crippen molar-refractivity contribution in [1.82, 2.24) is 9.78 Å². The third-order valence-electron chi connectivity index (χ3n) is 3.08. The number of aromatic nitrogens is 2. The van der Waals surface area contributed by atoms with Crippen molar-refractivity contribution < 1.29 is 9.72 Å². The largest absolute Gasteiger partial charge is 0.299 e. The first-order chi connectivity index (χ1) is 10.4. The quantitative estimate of drug-likeness (QED) is 0.396. The molecule has 0 aliphatic carbocycles. The number of rotatable bonds is 5. The molecule has 0 saturated heterocycles. The van der Waals surface area contributed by atoms with E-state index in [4.69, 9.17) is 11.6 Å². The third-order valence-corrected chi connectivity index (χ3v) is 3.31. The maximum atomic E-state index is 12.5. The van der Waals surface area contributed by atoms with Gasteiger partial charge in [0.1, 0.15) is 11.1 Å². The number of benzene rings is 1. The van der Waals surface area contributed by atoms with Crippen molar-refractivity contribution in [3.8, 4) is 0 Å². The van der Waals surface area contributed by atoms with Crippen LogP contribution in [-0.2, 0) is 6.54 Å². The Labute approximate surface area is 130 Å². The van der Waals surface area contributed by atoms with Gasteiger partial charge in [0.15, 0.2) is 0 Å². The fourth-order valence-corrected chi connectivity index (χ4v) is 2.28. The van der Waals surface area contributed by atoms with Crippen LogP contribution in [0, 0.1) is 17.0 Å². The molecule has 0 fully saturated rings. The molecule has 0 bridgehead atoms. The third kappa shape index (κ3) is 2.71. The molecule has 1 aromatic heterocycles. The van der Waals surface area contributed by atoms with Crippen LogP contribution in [-0.4, -0.2) is 20.5 Å². The Morgan fingerprint density at radius 3 is 2.82 bits per heavy atom. The Hall–Kier alpha value is -2.67. The highest BCUT2D eigenvalue weighted by molar-refractivity contribution is 6.31. The molecule has 22 heavy (non-hydrogen) atoms. The second-order valence-corrected chi connectivity index (χ2v) is 5.00. The smallest absolute Gasteiger partial charge is 0.282 e. The minimum absolute atomic E-state index is 0.132. The Bertz CT molecular complexity index is 835. The summed E-state index contributed by atoms with van der Waals surface area (Å²) < 4.78 is 1.21. The number of H-pyrrole nitrogens is 1. The molecule has 0 radical (unpaired) electrons. The van der Waals surface area contributed by atoms with Gasteiger partial charge in [0.2, 0.25) is 5.78 Å². The number of nitro benzene ring substituents is 1. The van der Waals surface area contributed by atoms with Crippen LogP contribution in [0.5, 0.6) is 0 Å². The van der Waals surface area contributed by atoms with Gasteiger partial charge in [-0.25, -0.2) is 4.68 Å². The highest BCUT2D eigenvalue weighted by atomic mass is 35.5. The first-order valence-electron chi connectivity index (χ1n) is 6.25. The van der Waals surface area contributed by atoms with E-state index in [-0.39, 0.29) is 22.7 Å². The topological polar surface area (TPSA) is 98.0 Å². The molecule has 0 saturated carbocycles. The Kier molecular flexibility index (Phi) is 4.27. The number of aryl methyl sites for hydroxylation is 1. The van der Waals surface area contributed by atoms with Gasteiger partial charge in [-0.15, -0.1) is 6.58 Å². The summed E-state index contributed by atoms with van der Waals surface area (Å²) in [5.74, 6) is -0.718. The number of ketones is 1. The summed E-state index contributed by atoms with van der Waals surface area (Å²) in [4.78, 5) is 35.1. The van der Waals surface area contributed by atoms with Gasteiger partial charge >= 0.3 is 0 Å². The van der Waals surface area contributed by atoms with Crippen LogP contribution in [0.3, 0.4) is 0 Å². The summed E-state index contributed by atoms with van der Waals surface area (Å²) >= 11 is 5.72. The Morgan fingerprint density at radius 1 is 1.55 bits per heavy atom. The number of carbonyl (C=O) groups is 1. The summed E-state index contributed by atoms with van der Waals surface area (Å²) in [6, 6.07) is 3.69. The molecule has 1 heterocycles. The monoisotopic (exact) mass is 321 g/mol. The predicted molar refractivity (Wildman–Crippen MR) is 81.5 cm³/mol. The summed E-state index contributed by atoms with van der Waals surface area (Å²) in [6.45, 7) is 5.27. The number of hydrogen-bond acceptors (Lipinski definition) is 4. The maximum absolute atomic E-state index is 12.5. The summed E-state index contributed by atoms with van der Waals surface area (Å²) in [5.41, 5.74) is -0.966. The number of carbonyl (C=O) groups excluding carboxylic acids is 1. The van der Waals surface area contributed by atoms with Crippen LogP contribution in [0.15, 0.2) is 35.6 Å². The van der Waals surface area contributed by atoms with Gasteiger partial charge in [-0.05, 0) is 19.1 Å². The van der Waals surface area contributed by atoms with Crippen molar-refractivity contribution in [2.75, 3.05) is 0 Å². The summed E-state index contributed by atoms with van der Waals surface area (Å²) in [5, 5.41) is 14.0. The molecule has 8 heteroatoms. The van der Waals surface area contributed by atoms with Crippen molar-refractivity contribution in [3.63, 3.8) is 0 Å². The SMILES string of the molecule is C=CCn1[nH]c(C)c(C(=O)c2ccc(Cl)cc2[N+](=O)[O-])c1=O. The minimum Gasteiger partial charge on any atom is -0.299 e. The molecular weight excluding hydrogens is 310 g/mol. The van der Waals surface area contributed by atoms with Crippen LogP contribution < -0.4 is 5.56 Å². The highest BCUT2D eigenvalue weighted by Crippen LogP contribution is 2.25. The van der Waals surface area contributed by atoms with Crippen LogP contribution in [0.1, 0.15) is 21.6 Å². The summed E-state index contributed by atoms with van der Waals surface area (Å²) in [6.07, 6.45) is 1.50. The number of allylic oxidation sites excluding steroid dienone is 1. The lowest BCUT2D eigenvalue weighted by atomic mass is 10.0. The molecule has 114 valence electrons. The first kappa shape index (κ1) is 15.7. The van der Waals surface area contributed by atoms with E-state index in [1.807, 2.05) is 0 Å². The average molecular weight is 322 g/mol. The highest BCUT2D eigenvalue weighted by Gasteiger charge is 2.26. The zero-order chi connectivity index (χ0) is 16.4. The van der Waals surface area contributed by atoms with Gasteiger partial charge in [-0.2, -0.15) is 0 Å². The van der Waals surface area contributed by atoms with E-state index in [2.05, 4.69) is 11.7 Å². The number of nitrogens with one attached hydrogen (secondary N) is 1. The van der Waals surface area contributed by atoms with E-state index in [1.54, 1.807) is 6.92 Å². The summed E-state index contributed by atoms with van der Waals surface area (Å²) in [7, 11) is 0. The molecule has 0 aliphatic heterocycles. The number of nitrogens with zero attached hydrogens (tertiary/aromatic N) is 2. The van der Waals surface area contributed by atoms with Gasteiger partial charge < -0.3 is 0 Å². The standard InChI is InChI=1S/C14H12ClN3O4/c1-3-6-17-14(20)12(8(2)16-17)13(19)10-5-4-9(15)7-11(10)18(21)22/h3-5,7,16H,1,6H2,2H3. The molecule has 0 unspecified atom stereocenters. The molecule has 1 N–H and O–H groups in total. The van der Waals surface area contributed by atoms with Crippen molar-refractivity contribution in [2.24, 2.45) is 0 Å². The van der Waals surface area contributed by atoms with Crippen LogP contribution >= 0.6 is 11.6 Å². The zero-order valence-corrected chi connectivity index (χ0v) is 12.4. The lowest BCUT2D eigenvalue weighted by molar-refractivity contribution is -0.385. The molecule has 1 aromatic carbocycles. The predicted octanol–water partition coefficient (Wildman–Crippen LogP) is 2.46. The van der Waals surface area contributed by atoms with E-state index < -0.39 is 22.0 Å². The average Bonchev–Trinajstić information content (AvgIpc) is 2.73. The fraction of sp³-hybridized carbons (Fsp3) is 0.143. The second kappa shape index (κ2) is 5.98. The van der Waals surface area contributed by atoms with E-state index in [9.17, 15) is 19.7 Å². The van der Waals surface area contributed by atoms with Gasteiger partial charge in [0.05, 0.1) is 11.5 Å². The van der Waals surface area contributed by atoms with E-state index >= 15 is 0 Å². The Morgan fingerprint density at radius 2 is 2.23 bits per heavy atom. The van der Waals surface area contributed by atoms with Crippen molar-refractivity contribution in [3.05, 3.63) is 73.2 Å². The van der Waals surface area contributed by atoms with Crippen molar-refractivity contribution in [2.45, 2.75) is 13.5 Å². The second-order valence-electron chi connectivity index (χ2n) is 4.56. The van der Waals surface area contributed by atoms with Gasteiger partial charge in [0.25, 0.3) is 11.2 Å². The van der Waals surface area contributed by atoms with Crippen LogP contribution in [0.25, 0.3) is 0 Å². The maximum Gasteiger partial charge on any atom is 0.282 e. The lowest BCUT2D eigenvalue weighted by Crippen LogP contribution is -2.22. The zero-order valence-electron chi connectivity index (χ0n) is 11.6. The molecule has 7 nitrogen and oxygen atoms in total. The molecular formula is C14H12ClN3O4. The molecule has 2 aromatic rings. The molecule has 0 spiro atoms. The number of aromatic amines is 1. The molecule has 0 aliphatic rings. The van der Waals surface area contributed by atoms with Crippen LogP contribution in [0.2, 0.25) is 5.02 Å². The fourth-order valence-electron chi connectivity index (χ4n) is 2.11. The molecule has 0 amide bonds. The lowest BCUT2D eigenvalue weighted by Gasteiger charge is -2.01. The van der Waals surface area contributed by atoms with Gasteiger partial charge in [-0.3, -0.25) is 24.8 Å². The molecule has 2 rings (SSSR count). The number of nitro groups is 1. The van der Waals surface area contributed by atoms with Gasteiger partial charge in [0, 0.05) is 16.8 Å². The Balaban J connectivity index is 2.61.